The largest absolute Gasteiger partial charge is 0.481 e. The van der Waals surface area contributed by atoms with E-state index < -0.39 is 11.9 Å². The molecule has 0 aliphatic rings. The van der Waals surface area contributed by atoms with E-state index in [1.165, 1.54) is 122 Å². The van der Waals surface area contributed by atoms with Crippen molar-refractivity contribution in [3.63, 3.8) is 0 Å². The minimum atomic E-state index is -0.700. The zero-order chi connectivity index (χ0) is 39.3. The maximum absolute atomic E-state index is 11.8. The van der Waals surface area contributed by atoms with Gasteiger partial charge < -0.3 is 14.9 Å². The van der Waals surface area contributed by atoms with E-state index in [2.05, 4.69) is 13.8 Å². The van der Waals surface area contributed by atoms with Crippen LogP contribution in [-0.4, -0.2) is 46.9 Å². The number of unbranched alkanes of at least 4 members (excludes halogenated alkanes) is 30. The first-order valence-electron chi connectivity index (χ1n) is 22.9. The van der Waals surface area contributed by atoms with Gasteiger partial charge >= 0.3 is 11.9 Å². The highest BCUT2D eigenvalue weighted by Gasteiger charge is 2.14. The minimum Gasteiger partial charge on any atom is -0.481 e. The van der Waals surface area contributed by atoms with Gasteiger partial charge in [-0.3, -0.25) is 14.4 Å². The van der Waals surface area contributed by atoms with Crippen LogP contribution in [0.2, 0.25) is 0 Å². The Morgan fingerprint density at radius 2 is 0.679 bits per heavy atom. The number of ketones is 2. The summed E-state index contributed by atoms with van der Waals surface area (Å²) in [6, 6.07) is 0. The van der Waals surface area contributed by atoms with E-state index in [-0.39, 0.29) is 12.2 Å². The summed E-state index contributed by atoms with van der Waals surface area (Å²) in [7, 11) is 0. The third kappa shape index (κ3) is 48.2. The Morgan fingerprint density at radius 3 is 1.04 bits per heavy atom. The molecule has 2 N–H and O–H groups in total. The lowest BCUT2D eigenvalue weighted by Crippen LogP contribution is -2.17. The van der Waals surface area contributed by atoms with Crippen LogP contribution in [0.15, 0.2) is 0 Å². The predicted octanol–water partition coefficient (Wildman–Crippen LogP) is 13.6. The number of carbonyl (C=O) groups is 4. The van der Waals surface area contributed by atoms with E-state index in [1.807, 2.05) is 0 Å². The molecule has 0 aromatic carbocycles. The second-order valence-corrected chi connectivity index (χ2v) is 15.5. The summed E-state index contributed by atoms with van der Waals surface area (Å²) >= 11 is 0. The van der Waals surface area contributed by atoms with Crippen molar-refractivity contribution in [2.24, 2.45) is 0 Å². The van der Waals surface area contributed by atoms with E-state index >= 15 is 0 Å². The number of aliphatic hydroxyl groups is 1. The molecule has 7 heteroatoms. The molecule has 7 nitrogen and oxygen atoms in total. The first-order valence-corrected chi connectivity index (χ1v) is 22.9. The van der Waals surface area contributed by atoms with Gasteiger partial charge in [0.2, 0.25) is 5.78 Å². The topological polar surface area (TPSA) is 118 Å². The average Bonchev–Trinajstić information content (AvgIpc) is 3.14. The molecule has 0 unspecified atom stereocenters. The van der Waals surface area contributed by atoms with Crippen LogP contribution < -0.4 is 0 Å². The molecule has 0 amide bonds. The summed E-state index contributed by atoms with van der Waals surface area (Å²) in [6.45, 7) is 5.16. The molecule has 0 spiro atoms. The Morgan fingerprint density at radius 1 is 0.377 bits per heavy atom. The summed E-state index contributed by atoms with van der Waals surface area (Å²) in [5, 5.41) is 17.2. The van der Waals surface area contributed by atoms with E-state index in [0.717, 1.165) is 109 Å². The molecule has 0 aliphatic carbocycles. The highest BCUT2D eigenvalue weighted by molar-refractivity contribution is 6.33. The van der Waals surface area contributed by atoms with Crippen molar-refractivity contribution < 1.29 is 34.1 Å². The van der Waals surface area contributed by atoms with Crippen LogP contribution >= 0.6 is 0 Å². The molecule has 314 valence electrons. The summed E-state index contributed by atoms with van der Waals surface area (Å²) in [6.07, 6.45) is 42.4. The molecule has 0 bridgehead atoms. The van der Waals surface area contributed by atoms with Gasteiger partial charge in [0, 0.05) is 32.3 Å². The number of Topliss-reactive ketones (excluding diaryl/α,β-unsaturated/α-hetero) is 2. The van der Waals surface area contributed by atoms with Gasteiger partial charge in [0.25, 0.3) is 0 Å². The predicted molar refractivity (Wildman–Crippen MR) is 222 cm³/mol. The number of carbonyl (C=O) groups excluding carboxylic acids is 3. The molecule has 0 aromatic rings. The maximum atomic E-state index is 11.8. The van der Waals surface area contributed by atoms with Gasteiger partial charge in [-0.15, -0.1) is 0 Å². The van der Waals surface area contributed by atoms with Crippen molar-refractivity contribution in [1.82, 2.24) is 0 Å². The lowest BCUT2D eigenvalue weighted by molar-refractivity contribution is -0.154. The fourth-order valence-corrected chi connectivity index (χ4v) is 6.64. The normalized spacial score (nSPS) is 10.9. The smallest absolute Gasteiger partial charge is 0.374 e. The molecule has 0 aliphatic heterocycles. The highest BCUT2D eigenvalue weighted by atomic mass is 16.5. The standard InChI is InChI=1S/C27H52O3.C19H36O4/c1-3-5-7-9-11-12-13-14-15-16-17-18-19-20-22-24-26(28)27(29)30-25-23-21-10-8-6-4-2;20-17-13-9-5-4-7-11-15-18(21)14-10-6-2-1-3-8-12-16-19(22)23/h3-25H2,1-2H3;20H,1-17H2,(H,22,23). The van der Waals surface area contributed by atoms with Crippen molar-refractivity contribution in [2.45, 2.75) is 258 Å². The molecule has 0 fully saturated rings. The van der Waals surface area contributed by atoms with Crippen LogP contribution in [0.1, 0.15) is 258 Å². The monoisotopic (exact) mass is 753 g/mol. The molecule has 0 atom stereocenters. The van der Waals surface area contributed by atoms with Crippen LogP contribution in [-0.2, 0) is 23.9 Å². The molecule has 0 rings (SSSR count). The lowest BCUT2D eigenvalue weighted by atomic mass is 10.0. The van der Waals surface area contributed by atoms with Crippen LogP contribution in [0.3, 0.4) is 0 Å². The van der Waals surface area contributed by atoms with Gasteiger partial charge in [0.15, 0.2) is 0 Å². The SMILES string of the molecule is CCCCCCCCCCCCCCCCCC(=O)C(=O)OCCCCCCCC.O=C(O)CCCCCCCCCC(=O)CCCCCCCCO. The number of carboxylic acid groups (broad SMARTS) is 1. The van der Waals surface area contributed by atoms with Gasteiger partial charge in [-0.25, -0.2) is 4.79 Å². The van der Waals surface area contributed by atoms with E-state index in [1.54, 1.807) is 0 Å². The number of ether oxygens (including phenoxy) is 1. The Kier molecular flexibility index (Phi) is 46.7. The van der Waals surface area contributed by atoms with Gasteiger partial charge in [-0.05, 0) is 38.5 Å². The Balaban J connectivity index is 0. The number of aliphatic carboxylic acids is 1. The Bertz CT molecular complexity index is 797. The number of hydrogen-bond donors (Lipinski definition) is 2. The number of hydrogen-bond acceptors (Lipinski definition) is 6. The van der Waals surface area contributed by atoms with Crippen LogP contribution in [0.4, 0.5) is 0 Å². The number of rotatable bonds is 42. The molecule has 0 heterocycles. The van der Waals surface area contributed by atoms with E-state index in [4.69, 9.17) is 14.9 Å². The molecule has 53 heavy (non-hydrogen) atoms. The number of carboxylic acids is 1. The van der Waals surface area contributed by atoms with Gasteiger partial charge in [0.1, 0.15) is 5.78 Å². The van der Waals surface area contributed by atoms with Gasteiger partial charge in [0.05, 0.1) is 6.61 Å². The third-order valence-electron chi connectivity index (χ3n) is 10.2. The summed E-state index contributed by atoms with van der Waals surface area (Å²) in [5.41, 5.74) is 0. The number of esters is 1. The van der Waals surface area contributed by atoms with Gasteiger partial charge in [-0.2, -0.15) is 0 Å². The second-order valence-electron chi connectivity index (χ2n) is 15.5. The van der Waals surface area contributed by atoms with Crippen molar-refractivity contribution in [1.29, 1.82) is 0 Å². The fraction of sp³-hybridized carbons (Fsp3) is 0.913. The van der Waals surface area contributed by atoms with Crippen LogP contribution in [0.25, 0.3) is 0 Å². The van der Waals surface area contributed by atoms with Gasteiger partial charge in [-0.1, -0.05) is 194 Å². The fourth-order valence-electron chi connectivity index (χ4n) is 6.64. The minimum absolute atomic E-state index is 0.288. The molecular weight excluding hydrogens is 664 g/mol. The first kappa shape index (κ1) is 53.3. The lowest BCUT2D eigenvalue weighted by Gasteiger charge is -2.05. The molecule has 0 aromatic heterocycles. The van der Waals surface area contributed by atoms with E-state index in [9.17, 15) is 19.2 Å². The van der Waals surface area contributed by atoms with Crippen LogP contribution in [0, 0.1) is 0 Å². The Labute approximate surface area is 328 Å². The first-order chi connectivity index (χ1) is 25.9. The zero-order valence-electron chi connectivity index (χ0n) is 35.2. The Hall–Kier alpha value is -1.76. The summed E-state index contributed by atoms with van der Waals surface area (Å²) in [5.74, 6) is -1.25. The number of aliphatic hydroxyl groups excluding tert-OH is 1. The van der Waals surface area contributed by atoms with Crippen molar-refractivity contribution in [3.05, 3.63) is 0 Å². The van der Waals surface area contributed by atoms with Crippen molar-refractivity contribution >= 4 is 23.5 Å². The summed E-state index contributed by atoms with van der Waals surface area (Å²) in [4.78, 5) is 45.6. The second kappa shape index (κ2) is 46.4. The highest BCUT2D eigenvalue weighted by Crippen LogP contribution is 2.15. The zero-order valence-corrected chi connectivity index (χ0v) is 35.2. The average molecular weight is 753 g/mol. The van der Waals surface area contributed by atoms with Crippen molar-refractivity contribution in [2.75, 3.05) is 13.2 Å². The van der Waals surface area contributed by atoms with Crippen molar-refractivity contribution in [3.8, 4) is 0 Å². The quantitative estimate of drug-likeness (QED) is 0.0362. The maximum Gasteiger partial charge on any atom is 0.374 e. The molecule has 0 saturated heterocycles. The van der Waals surface area contributed by atoms with E-state index in [0.29, 0.717) is 25.4 Å². The molecule has 0 radical (unpaired) electrons. The van der Waals surface area contributed by atoms with Crippen LogP contribution in [0.5, 0.6) is 0 Å². The molecular formula is C46H88O7. The summed E-state index contributed by atoms with van der Waals surface area (Å²) < 4.78 is 5.10. The third-order valence-corrected chi connectivity index (χ3v) is 10.2. The molecule has 0 saturated carbocycles.